The van der Waals surface area contributed by atoms with Gasteiger partial charge < -0.3 is 11.1 Å². The maximum Gasteiger partial charge on any atom is 0.417 e. The minimum Gasteiger partial charge on any atom is -0.389 e. The molecule has 0 bridgehead atoms. The van der Waals surface area contributed by atoms with Gasteiger partial charge in [0.25, 0.3) is 0 Å². The van der Waals surface area contributed by atoms with Gasteiger partial charge in [-0.3, -0.25) is 0 Å². The molecule has 0 heterocycles. The number of halogens is 4. The first-order valence-corrected chi connectivity index (χ1v) is 7.01. The Morgan fingerprint density at radius 3 is 2.14 bits per heavy atom. The van der Waals surface area contributed by atoms with Gasteiger partial charge in [-0.2, -0.15) is 13.2 Å². The summed E-state index contributed by atoms with van der Waals surface area (Å²) in [6.45, 7) is 0. The quantitative estimate of drug-likeness (QED) is 0.754. The number of rotatable bonds is 3. The fraction of sp³-hybridized carbons (Fsp3) is 0.0714. The summed E-state index contributed by atoms with van der Waals surface area (Å²) in [5.41, 5.74) is 5.58. The summed E-state index contributed by atoms with van der Waals surface area (Å²) in [6, 6.07) is 10.8. The van der Waals surface area contributed by atoms with Crippen LogP contribution >= 0.6 is 28.1 Å². The molecule has 21 heavy (non-hydrogen) atoms. The standard InChI is InChI=1S/C14H10BrF3N2S/c15-8-1-3-9(4-2-8)20-10-5-6-12(14(16,17)18)11(7-10)13(19)21/h1-7,20H,(H2,19,21). The van der Waals surface area contributed by atoms with E-state index in [0.717, 1.165) is 16.2 Å². The van der Waals surface area contributed by atoms with Crippen LogP contribution in [0.1, 0.15) is 11.1 Å². The molecule has 0 unspecified atom stereocenters. The Bertz CT molecular complexity index is 669. The van der Waals surface area contributed by atoms with Crippen LogP contribution in [0.2, 0.25) is 0 Å². The van der Waals surface area contributed by atoms with Crippen LogP contribution < -0.4 is 11.1 Å². The Morgan fingerprint density at radius 1 is 1.05 bits per heavy atom. The zero-order valence-electron chi connectivity index (χ0n) is 10.5. The third kappa shape index (κ3) is 3.95. The van der Waals surface area contributed by atoms with Crippen molar-refractivity contribution in [3.05, 3.63) is 58.1 Å². The first-order chi connectivity index (χ1) is 9.77. The first-order valence-electron chi connectivity index (χ1n) is 5.81. The highest BCUT2D eigenvalue weighted by Crippen LogP contribution is 2.34. The van der Waals surface area contributed by atoms with E-state index in [9.17, 15) is 13.2 Å². The number of benzene rings is 2. The molecule has 0 spiro atoms. The van der Waals surface area contributed by atoms with E-state index >= 15 is 0 Å². The highest BCUT2D eigenvalue weighted by atomic mass is 79.9. The van der Waals surface area contributed by atoms with Crippen LogP contribution in [0.4, 0.5) is 24.5 Å². The number of anilines is 2. The van der Waals surface area contributed by atoms with Gasteiger partial charge in [0.15, 0.2) is 0 Å². The molecule has 0 saturated carbocycles. The van der Waals surface area contributed by atoms with Crippen molar-refractivity contribution in [1.29, 1.82) is 0 Å². The molecular formula is C14H10BrF3N2S. The summed E-state index contributed by atoms with van der Waals surface area (Å²) >= 11 is 8.01. The van der Waals surface area contributed by atoms with Gasteiger partial charge in [-0.05, 0) is 42.5 Å². The van der Waals surface area contributed by atoms with Gasteiger partial charge in [0.05, 0.1) is 5.56 Å². The van der Waals surface area contributed by atoms with Crippen molar-refractivity contribution >= 4 is 44.5 Å². The highest BCUT2D eigenvalue weighted by molar-refractivity contribution is 9.10. The van der Waals surface area contributed by atoms with Gasteiger partial charge in [0.1, 0.15) is 4.99 Å². The maximum absolute atomic E-state index is 12.9. The Hall–Kier alpha value is -1.60. The predicted molar refractivity (Wildman–Crippen MR) is 84.8 cm³/mol. The lowest BCUT2D eigenvalue weighted by molar-refractivity contribution is -0.137. The van der Waals surface area contributed by atoms with E-state index in [1.54, 1.807) is 12.1 Å². The van der Waals surface area contributed by atoms with E-state index < -0.39 is 11.7 Å². The molecule has 0 radical (unpaired) electrons. The Labute approximate surface area is 133 Å². The number of thiocarbonyl (C=S) groups is 1. The fourth-order valence-corrected chi connectivity index (χ4v) is 2.21. The highest BCUT2D eigenvalue weighted by Gasteiger charge is 2.34. The van der Waals surface area contributed by atoms with Crippen molar-refractivity contribution in [3.8, 4) is 0 Å². The zero-order valence-corrected chi connectivity index (χ0v) is 12.9. The maximum atomic E-state index is 12.9. The van der Waals surface area contributed by atoms with Gasteiger partial charge in [-0.25, -0.2) is 0 Å². The lowest BCUT2D eigenvalue weighted by Gasteiger charge is -2.14. The van der Waals surface area contributed by atoms with E-state index in [1.165, 1.54) is 12.1 Å². The molecule has 110 valence electrons. The first kappa shape index (κ1) is 15.8. The molecule has 0 aliphatic rings. The summed E-state index contributed by atoms with van der Waals surface area (Å²) in [7, 11) is 0. The monoisotopic (exact) mass is 374 g/mol. The zero-order chi connectivity index (χ0) is 15.6. The van der Waals surface area contributed by atoms with Gasteiger partial charge in [0.2, 0.25) is 0 Å². The lowest BCUT2D eigenvalue weighted by atomic mass is 10.1. The Balaban J connectivity index is 2.36. The van der Waals surface area contributed by atoms with Gasteiger partial charge in [-0.1, -0.05) is 28.1 Å². The summed E-state index contributed by atoms with van der Waals surface area (Å²) in [5, 5.41) is 3.00. The molecular weight excluding hydrogens is 365 g/mol. The van der Waals surface area contributed by atoms with Crippen LogP contribution in [0.25, 0.3) is 0 Å². The number of hydrogen-bond acceptors (Lipinski definition) is 2. The van der Waals surface area contributed by atoms with Crippen molar-refractivity contribution in [2.75, 3.05) is 5.32 Å². The normalized spacial score (nSPS) is 11.2. The van der Waals surface area contributed by atoms with Crippen LogP contribution in [0.3, 0.4) is 0 Å². The minimum atomic E-state index is -4.49. The number of hydrogen-bond donors (Lipinski definition) is 2. The van der Waals surface area contributed by atoms with E-state index in [4.69, 9.17) is 18.0 Å². The minimum absolute atomic E-state index is 0.195. The average molecular weight is 375 g/mol. The molecule has 2 rings (SSSR count). The molecule has 0 amide bonds. The van der Waals surface area contributed by atoms with E-state index in [1.807, 2.05) is 12.1 Å². The predicted octanol–water partition coefficient (Wildman–Crippen LogP) is 4.85. The molecule has 2 nitrogen and oxygen atoms in total. The fourth-order valence-electron chi connectivity index (χ4n) is 1.77. The van der Waals surface area contributed by atoms with Crippen LogP contribution in [-0.2, 0) is 6.18 Å². The summed E-state index contributed by atoms with van der Waals surface area (Å²) in [4.78, 5) is -0.290. The lowest BCUT2D eigenvalue weighted by Crippen LogP contribution is -2.18. The van der Waals surface area contributed by atoms with Gasteiger partial charge in [-0.15, -0.1) is 0 Å². The van der Waals surface area contributed by atoms with Crippen molar-refractivity contribution in [2.24, 2.45) is 5.73 Å². The molecule has 0 fully saturated rings. The molecule has 2 aromatic carbocycles. The van der Waals surface area contributed by atoms with Gasteiger partial charge >= 0.3 is 6.18 Å². The second-order valence-electron chi connectivity index (χ2n) is 4.25. The second-order valence-corrected chi connectivity index (χ2v) is 5.61. The molecule has 0 aliphatic carbocycles. The number of nitrogens with two attached hydrogens (primary N) is 1. The molecule has 3 N–H and O–H groups in total. The van der Waals surface area contributed by atoms with Crippen molar-refractivity contribution in [3.63, 3.8) is 0 Å². The largest absolute Gasteiger partial charge is 0.417 e. The number of nitrogens with one attached hydrogen (secondary N) is 1. The molecule has 2 aromatic rings. The van der Waals surface area contributed by atoms with E-state index in [2.05, 4.69) is 21.2 Å². The summed E-state index contributed by atoms with van der Waals surface area (Å²) in [5.74, 6) is 0. The van der Waals surface area contributed by atoms with Crippen LogP contribution in [0.5, 0.6) is 0 Å². The summed E-state index contributed by atoms with van der Waals surface area (Å²) < 4.78 is 39.5. The smallest absolute Gasteiger partial charge is 0.389 e. The van der Waals surface area contributed by atoms with Crippen LogP contribution in [-0.4, -0.2) is 4.99 Å². The molecule has 0 aliphatic heterocycles. The van der Waals surface area contributed by atoms with E-state index in [-0.39, 0.29) is 10.6 Å². The molecule has 7 heteroatoms. The number of alkyl halides is 3. The topological polar surface area (TPSA) is 38.0 Å². The Kier molecular flexibility index (Phi) is 4.53. The van der Waals surface area contributed by atoms with Crippen molar-refractivity contribution < 1.29 is 13.2 Å². The third-order valence-electron chi connectivity index (χ3n) is 2.72. The van der Waals surface area contributed by atoms with Crippen molar-refractivity contribution in [2.45, 2.75) is 6.18 Å². The molecule has 0 saturated heterocycles. The molecule has 0 atom stereocenters. The van der Waals surface area contributed by atoms with Crippen molar-refractivity contribution in [1.82, 2.24) is 0 Å². The van der Waals surface area contributed by atoms with E-state index in [0.29, 0.717) is 5.69 Å². The average Bonchev–Trinajstić information content (AvgIpc) is 2.40. The van der Waals surface area contributed by atoms with Crippen LogP contribution in [0, 0.1) is 0 Å². The van der Waals surface area contributed by atoms with Crippen LogP contribution in [0.15, 0.2) is 46.9 Å². The summed E-state index contributed by atoms with van der Waals surface area (Å²) in [6.07, 6.45) is -4.49. The SMILES string of the molecule is NC(=S)c1cc(Nc2ccc(Br)cc2)ccc1C(F)(F)F. The second kappa shape index (κ2) is 6.03. The third-order valence-corrected chi connectivity index (χ3v) is 3.47. The Morgan fingerprint density at radius 2 is 1.62 bits per heavy atom. The van der Waals surface area contributed by atoms with Gasteiger partial charge in [0, 0.05) is 21.4 Å². The molecule has 0 aromatic heterocycles.